The van der Waals surface area contributed by atoms with Gasteiger partial charge >= 0.3 is 0 Å². The Morgan fingerprint density at radius 1 is 0.714 bits per heavy atom. The van der Waals surface area contributed by atoms with Crippen molar-refractivity contribution in [3.8, 4) is 0 Å². The zero-order chi connectivity index (χ0) is 24.9. The van der Waals surface area contributed by atoms with E-state index in [9.17, 15) is 16.8 Å². The summed E-state index contributed by atoms with van der Waals surface area (Å²) >= 11 is 0. The van der Waals surface area contributed by atoms with Crippen molar-refractivity contribution in [2.45, 2.75) is 15.9 Å². The molecular formula is C26H30N2O5S2. The maximum Gasteiger partial charge on any atom is 0.244 e. The monoisotopic (exact) mass is 514 g/mol. The Labute approximate surface area is 207 Å². The van der Waals surface area contributed by atoms with Crippen LogP contribution < -0.4 is 0 Å². The van der Waals surface area contributed by atoms with Crippen molar-refractivity contribution >= 4 is 19.9 Å². The fourth-order valence-electron chi connectivity index (χ4n) is 4.24. The maximum atomic E-state index is 13.2. The van der Waals surface area contributed by atoms with Crippen molar-refractivity contribution in [2.75, 3.05) is 45.6 Å². The van der Waals surface area contributed by atoms with Crippen LogP contribution in [0.1, 0.15) is 17.2 Å². The average molecular weight is 515 g/mol. The predicted molar refractivity (Wildman–Crippen MR) is 135 cm³/mol. The van der Waals surface area contributed by atoms with E-state index in [0.717, 1.165) is 17.4 Å². The van der Waals surface area contributed by atoms with Crippen LogP contribution in [0.25, 0.3) is 0 Å². The summed E-state index contributed by atoms with van der Waals surface area (Å²) in [6, 6.07) is 25.9. The molecule has 1 saturated heterocycles. The summed E-state index contributed by atoms with van der Waals surface area (Å²) in [5.41, 5.74) is 2.17. The second-order valence-corrected chi connectivity index (χ2v) is 12.4. The van der Waals surface area contributed by atoms with Crippen molar-refractivity contribution in [3.63, 3.8) is 0 Å². The Balaban J connectivity index is 1.37. The number of ether oxygens (including phenoxy) is 1. The van der Waals surface area contributed by atoms with Crippen LogP contribution in [0, 0.1) is 0 Å². The number of nitrogens with zero attached hydrogens (tertiary/aromatic N) is 2. The van der Waals surface area contributed by atoms with E-state index in [-0.39, 0.29) is 15.9 Å². The number of sulfonamides is 1. The molecule has 0 radical (unpaired) electrons. The van der Waals surface area contributed by atoms with Gasteiger partial charge in [-0.05, 0) is 23.3 Å². The third kappa shape index (κ3) is 6.17. The van der Waals surface area contributed by atoms with Crippen LogP contribution in [0.4, 0.5) is 0 Å². The lowest BCUT2D eigenvalue weighted by Crippen LogP contribution is -2.49. The molecule has 0 N–H and O–H groups in total. The van der Waals surface area contributed by atoms with E-state index in [2.05, 4.69) is 29.2 Å². The van der Waals surface area contributed by atoms with Gasteiger partial charge in [0.1, 0.15) is 11.0 Å². The predicted octanol–water partition coefficient (Wildman–Crippen LogP) is 3.20. The molecule has 1 fully saturated rings. The number of piperazine rings is 1. The Morgan fingerprint density at radius 2 is 1.20 bits per heavy atom. The highest BCUT2D eigenvalue weighted by atomic mass is 32.2. The summed E-state index contributed by atoms with van der Waals surface area (Å²) in [6.07, 6.45) is 0.851. The van der Waals surface area contributed by atoms with E-state index < -0.39 is 19.9 Å². The van der Waals surface area contributed by atoms with E-state index >= 15 is 0 Å². The van der Waals surface area contributed by atoms with Crippen molar-refractivity contribution in [1.29, 1.82) is 0 Å². The van der Waals surface area contributed by atoms with Crippen LogP contribution in [0.15, 0.2) is 94.7 Å². The van der Waals surface area contributed by atoms with Crippen molar-refractivity contribution in [2.24, 2.45) is 0 Å². The molecule has 0 spiro atoms. The van der Waals surface area contributed by atoms with Crippen LogP contribution in [-0.2, 0) is 24.6 Å². The summed E-state index contributed by atoms with van der Waals surface area (Å²) in [7, 11) is -7.57. The first-order valence-electron chi connectivity index (χ1n) is 11.5. The first-order chi connectivity index (χ1) is 16.8. The van der Waals surface area contributed by atoms with Gasteiger partial charge in [0.15, 0.2) is 9.84 Å². The summed E-state index contributed by atoms with van der Waals surface area (Å²) in [5.74, 6) is 0. The number of rotatable bonds is 9. The molecule has 3 aromatic carbocycles. The van der Waals surface area contributed by atoms with E-state index in [1.165, 1.54) is 22.5 Å². The van der Waals surface area contributed by atoms with Gasteiger partial charge in [-0.15, -0.1) is 0 Å². The summed E-state index contributed by atoms with van der Waals surface area (Å²) in [6.45, 7) is 2.85. The number of hydrogen-bond donors (Lipinski definition) is 0. The number of hydrogen-bond acceptors (Lipinski definition) is 6. The van der Waals surface area contributed by atoms with Crippen LogP contribution >= 0.6 is 0 Å². The first-order valence-corrected chi connectivity index (χ1v) is 14.8. The lowest BCUT2D eigenvalue weighted by atomic mass is 10.0. The zero-order valence-electron chi connectivity index (χ0n) is 19.7. The molecule has 0 saturated carbocycles. The quantitative estimate of drug-likeness (QED) is 0.436. The van der Waals surface area contributed by atoms with Gasteiger partial charge in [0.05, 0.1) is 11.5 Å². The van der Waals surface area contributed by atoms with Crippen molar-refractivity contribution in [3.05, 3.63) is 96.1 Å². The van der Waals surface area contributed by atoms with Crippen molar-refractivity contribution in [1.82, 2.24) is 9.21 Å². The highest BCUT2D eigenvalue weighted by molar-refractivity contribution is 7.93. The van der Waals surface area contributed by atoms with E-state index in [1.54, 1.807) is 6.07 Å². The third-order valence-corrected chi connectivity index (χ3v) is 9.34. The van der Waals surface area contributed by atoms with Gasteiger partial charge in [-0.1, -0.05) is 72.8 Å². The third-order valence-electron chi connectivity index (χ3n) is 6.09. The Hall–Kier alpha value is -2.56. The SMILES string of the molecule is CS(=O)(=O)c1ccccc1S(=O)(=O)N1CCN(CCOC(c2ccccc2)c2ccccc2)CC1. The largest absolute Gasteiger partial charge is 0.367 e. The second-order valence-electron chi connectivity index (χ2n) is 8.54. The van der Waals surface area contributed by atoms with Gasteiger partial charge in [0, 0.05) is 39.0 Å². The van der Waals surface area contributed by atoms with E-state index in [0.29, 0.717) is 39.3 Å². The molecule has 3 aromatic rings. The molecule has 186 valence electrons. The maximum absolute atomic E-state index is 13.2. The number of benzene rings is 3. The van der Waals surface area contributed by atoms with Crippen LogP contribution in [0.3, 0.4) is 0 Å². The minimum atomic E-state index is -3.91. The molecule has 35 heavy (non-hydrogen) atoms. The van der Waals surface area contributed by atoms with Gasteiger partial charge in [-0.3, -0.25) is 4.90 Å². The molecule has 9 heteroatoms. The molecule has 7 nitrogen and oxygen atoms in total. The fraction of sp³-hybridized carbons (Fsp3) is 0.308. The number of sulfone groups is 1. The van der Waals surface area contributed by atoms with Gasteiger partial charge in [-0.25, -0.2) is 16.8 Å². The van der Waals surface area contributed by atoms with E-state index in [1.807, 2.05) is 36.4 Å². The molecule has 0 aromatic heterocycles. The highest BCUT2D eigenvalue weighted by Gasteiger charge is 2.32. The fourth-order valence-corrected chi connectivity index (χ4v) is 7.27. The first kappa shape index (κ1) is 25.5. The zero-order valence-corrected chi connectivity index (χ0v) is 21.3. The van der Waals surface area contributed by atoms with Gasteiger partial charge in [0.2, 0.25) is 10.0 Å². The minimum Gasteiger partial charge on any atom is -0.367 e. The van der Waals surface area contributed by atoms with Gasteiger partial charge in [0.25, 0.3) is 0 Å². The van der Waals surface area contributed by atoms with Crippen LogP contribution in [0.5, 0.6) is 0 Å². The molecule has 0 atom stereocenters. The molecule has 0 unspecified atom stereocenters. The Bertz CT molecular complexity index is 1280. The van der Waals surface area contributed by atoms with Gasteiger partial charge < -0.3 is 4.74 Å². The summed E-state index contributed by atoms with van der Waals surface area (Å²) < 4.78 is 58.3. The molecule has 0 amide bonds. The average Bonchev–Trinajstić information content (AvgIpc) is 2.87. The molecule has 1 aliphatic heterocycles. The molecule has 0 bridgehead atoms. The van der Waals surface area contributed by atoms with Gasteiger partial charge in [-0.2, -0.15) is 4.31 Å². The Kier molecular flexibility index (Phi) is 8.03. The molecule has 0 aliphatic carbocycles. The molecular weight excluding hydrogens is 484 g/mol. The van der Waals surface area contributed by atoms with Crippen LogP contribution in [-0.4, -0.2) is 71.6 Å². The lowest BCUT2D eigenvalue weighted by molar-refractivity contribution is 0.0527. The lowest BCUT2D eigenvalue weighted by Gasteiger charge is -2.34. The standard InChI is InChI=1S/C26H30N2O5S2/c1-34(29,30)24-14-8-9-15-25(24)35(31,32)28-18-16-27(17-19-28)20-21-33-26(22-10-4-2-5-11-22)23-12-6-3-7-13-23/h2-15,26H,16-21H2,1H3. The Morgan fingerprint density at radius 3 is 1.71 bits per heavy atom. The second kappa shape index (κ2) is 11.0. The normalized spacial score (nSPS) is 15.9. The minimum absolute atomic E-state index is 0.159. The summed E-state index contributed by atoms with van der Waals surface area (Å²) in [4.78, 5) is 1.85. The molecule has 4 rings (SSSR count). The summed E-state index contributed by atoms with van der Waals surface area (Å²) in [5, 5.41) is 0. The van der Waals surface area contributed by atoms with E-state index in [4.69, 9.17) is 4.74 Å². The molecule has 1 aliphatic rings. The molecule has 1 heterocycles. The van der Waals surface area contributed by atoms with Crippen molar-refractivity contribution < 1.29 is 21.6 Å². The smallest absolute Gasteiger partial charge is 0.244 e. The topological polar surface area (TPSA) is 84.0 Å². The van der Waals surface area contributed by atoms with Crippen LogP contribution in [0.2, 0.25) is 0 Å². The highest BCUT2D eigenvalue weighted by Crippen LogP contribution is 2.27.